The molecule has 21 heavy (non-hydrogen) atoms. The zero-order valence-corrected chi connectivity index (χ0v) is 14.0. The Morgan fingerprint density at radius 3 is 2.38 bits per heavy atom. The number of aromatic nitrogens is 2. The van der Waals surface area contributed by atoms with Gasteiger partial charge in [-0.25, -0.2) is 0 Å². The van der Waals surface area contributed by atoms with E-state index in [1.54, 1.807) is 0 Å². The van der Waals surface area contributed by atoms with Crippen molar-refractivity contribution in [2.24, 2.45) is 5.92 Å². The van der Waals surface area contributed by atoms with Gasteiger partial charge in [0.15, 0.2) is 0 Å². The molecule has 0 aliphatic heterocycles. The Morgan fingerprint density at radius 1 is 1.19 bits per heavy atom. The summed E-state index contributed by atoms with van der Waals surface area (Å²) in [4.78, 5) is 12.4. The smallest absolute Gasteiger partial charge is 0.258 e. The van der Waals surface area contributed by atoms with E-state index in [2.05, 4.69) is 29.4 Å². The second kappa shape index (κ2) is 6.35. The van der Waals surface area contributed by atoms with Crippen molar-refractivity contribution in [3.8, 4) is 0 Å². The number of hydrogen-bond acceptors (Lipinski definition) is 4. The minimum Gasteiger partial charge on any atom is -0.296 e. The van der Waals surface area contributed by atoms with E-state index in [0.29, 0.717) is 11.0 Å². The summed E-state index contributed by atoms with van der Waals surface area (Å²) in [6.45, 7) is 10.2. The lowest BCUT2D eigenvalue weighted by molar-refractivity contribution is 0.102. The Kier molecular flexibility index (Phi) is 4.73. The summed E-state index contributed by atoms with van der Waals surface area (Å²) in [6.07, 6.45) is 0.885. The third kappa shape index (κ3) is 3.88. The van der Waals surface area contributed by atoms with Crippen LogP contribution in [0.2, 0.25) is 0 Å². The van der Waals surface area contributed by atoms with Crippen molar-refractivity contribution in [1.82, 2.24) is 10.2 Å². The normalized spacial score (nSPS) is 11.0. The summed E-state index contributed by atoms with van der Waals surface area (Å²) < 4.78 is 0. The molecular weight excluding hydrogens is 282 g/mol. The first-order chi connectivity index (χ1) is 9.86. The van der Waals surface area contributed by atoms with E-state index in [1.807, 2.05) is 32.9 Å². The maximum atomic E-state index is 12.4. The van der Waals surface area contributed by atoms with Gasteiger partial charge < -0.3 is 0 Å². The molecular formula is C16H21N3OS. The summed E-state index contributed by atoms with van der Waals surface area (Å²) in [5, 5.41) is 12.5. The fourth-order valence-electron chi connectivity index (χ4n) is 2.43. The van der Waals surface area contributed by atoms with Gasteiger partial charge in [-0.3, -0.25) is 10.1 Å². The molecule has 1 heterocycles. The van der Waals surface area contributed by atoms with Crippen LogP contribution in [0.5, 0.6) is 0 Å². The highest BCUT2D eigenvalue weighted by Gasteiger charge is 2.15. The van der Waals surface area contributed by atoms with E-state index in [-0.39, 0.29) is 5.91 Å². The molecule has 1 aromatic carbocycles. The highest BCUT2D eigenvalue weighted by molar-refractivity contribution is 7.15. The number of aryl methyl sites for hydroxylation is 3. The van der Waals surface area contributed by atoms with Crippen LogP contribution in [0.1, 0.15) is 45.9 Å². The molecule has 0 radical (unpaired) electrons. The Hall–Kier alpha value is -1.75. The van der Waals surface area contributed by atoms with E-state index in [9.17, 15) is 4.79 Å². The maximum Gasteiger partial charge on any atom is 0.258 e. The Morgan fingerprint density at radius 2 is 1.81 bits per heavy atom. The largest absolute Gasteiger partial charge is 0.296 e. The Balaban J connectivity index is 2.17. The molecule has 2 aromatic rings. The molecule has 0 atom stereocenters. The molecule has 0 saturated carbocycles. The molecule has 0 saturated heterocycles. The molecule has 2 rings (SSSR count). The topological polar surface area (TPSA) is 54.9 Å². The number of amides is 1. The molecule has 5 heteroatoms. The predicted molar refractivity (Wildman–Crippen MR) is 87.1 cm³/mol. The number of hydrogen-bond donors (Lipinski definition) is 1. The van der Waals surface area contributed by atoms with Crippen LogP contribution < -0.4 is 5.32 Å². The molecule has 1 aromatic heterocycles. The van der Waals surface area contributed by atoms with E-state index in [1.165, 1.54) is 11.3 Å². The fraction of sp³-hybridized carbons (Fsp3) is 0.438. The van der Waals surface area contributed by atoms with Gasteiger partial charge in [0.25, 0.3) is 5.91 Å². The summed E-state index contributed by atoms with van der Waals surface area (Å²) in [5.41, 5.74) is 3.85. The second-order valence-corrected chi connectivity index (χ2v) is 6.89. The summed E-state index contributed by atoms with van der Waals surface area (Å²) in [5.74, 6) is 0.417. The molecule has 0 aliphatic rings. The molecule has 0 aliphatic carbocycles. The van der Waals surface area contributed by atoms with Crippen LogP contribution in [0.3, 0.4) is 0 Å². The van der Waals surface area contributed by atoms with Gasteiger partial charge in [0.05, 0.1) is 0 Å². The van der Waals surface area contributed by atoms with Gasteiger partial charge in [-0.15, -0.1) is 10.2 Å². The zero-order valence-electron chi connectivity index (χ0n) is 13.2. The average molecular weight is 303 g/mol. The molecule has 0 unspecified atom stereocenters. The van der Waals surface area contributed by atoms with Crippen molar-refractivity contribution >= 4 is 22.4 Å². The quantitative estimate of drug-likeness (QED) is 0.931. The Labute approximate surface area is 129 Å². The van der Waals surface area contributed by atoms with E-state index < -0.39 is 0 Å². The number of benzene rings is 1. The fourth-order valence-corrected chi connectivity index (χ4v) is 3.38. The standard InChI is InChI=1S/C16H21N3OS/c1-9(2)6-13-18-19-16(21-13)17-15(20)14-11(4)7-10(3)8-12(14)5/h7-9H,6H2,1-5H3,(H,17,19,20). The van der Waals surface area contributed by atoms with Gasteiger partial charge >= 0.3 is 0 Å². The third-order valence-electron chi connectivity index (χ3n) is 3.17. The number of nitrogens with one attached hydrogen (secondary N) is 1. The number of carbonyl (C=O) groups excluding carboxylic acids is 1. The van der Waals surface area contributed by atoms with Crippen LogP contribution in [-0.2, 0) is 6.42 Å². The van der Waals surface area contributed by atoms with Crippen LogP contribution in [-0.4, -0.2) is 16.1 Å². The highest BCUT2D eigenvalue weighted by Crippen LogP contribution is 2.21. The number of anilines is 1. The van der Waals surface area contributed by atoms with Crippen LogP contribution in [0.15, 0.2) is 12.1 Å². The van der Waals surface area contributed by atoms with Crippen molar-refractivity contribution in [2.75, 3.05) is 5.32 Å². The van der Waals surface area contributed by atoms with Gasteiger partial charge in [0, 0.05) is 12.0 Å². The number of rotatable bonds is 4. The van der Waals surface area contributed by atoms with Crippen molar-refractivity contribution in [1.29, 1.82) is 0 Å². The Bertz CT molecular complexity index is 638. The van der Waals surface area contributed by atoms with Crippen LogP contribution >= 0.6 is 11.3 Å². The minimum atomic E-state index is -0.114. The van der Waals surface area contributed by atoms with Gasteiger partial charge in [-0.05, 0) is 37.8 Å². The summed E-state index contributed by atoms with van der Waals surface area (Å²) in [6, 6.07) is 4.04. The molecule has 112 valence electrons. The van der Waals surface area contributed by atoms with Gasteiger partial charge in [0.1, 0.15) is 5.01 Å². The molecule has 0 fully saturated rings. The van der Waals surface area contributed by atoms with Crippen LogP contribution in [0.25, 0.3) is 0 Å². The first-order valence-electron chi connectivity index (χ1n) is 7.08. The zero-order chi connectivity index (χ0) is 15.6. The van der Waals surface area contributed by atoms with Gasteiger partial charge in [-0.1, -0.05) is 42.9 Å². The average Bonchev–Trinajstić information content (AvgIpc) is 2.73. The summed E-state index contributed by atoms with van der Waals surface area (Å²) >= 11 is 1.44. The van der Waals surface area contributed by atoms with Crippen LogP contribution in [0, 0.1) is 26.7 Å². The van der Waals surface area contributed by atoms with Crippen molar-refractivity contribution in [3.05, 3.63) is 39.4 Å². The van der Waals surface area contributed by atoms with Crippen molar-refractivity contribution < 1.29 is 4.79 Å². The number of nitrogens with zero attached hydrogens (tertiary/aromatic N) is 2. The molecule has 1 amide bonds. The van der Waals surface area contributed by atoms with E-state index in [0.717, 1.165) is 33.7 Å². The minimum absolute atomic E-state index is 0.114. The lowest BCUT2D eigenvalue weighted by atomic mass is 9.99. The second-order valence-electron chi connectivity index (χ2n) is 5.83. The van der Waals surface area contributed by atoms with Gasteiger partial charge in [-0.2, -0.15) is 0 Å². The van der Waals surface area contributed by atoms with Gasteiger partial charge in [0.2, 0.25) is 5.13 Å². The lowest BCUT2D eigenvalue weighted by Crippen LogP contribution is -2.15. The molecule has 0 spiro atoms. The van der Waals surface area contributed by atoms with Crippen molar-refractivity contribution in [2.45, 2.75) is 41.0 Å². The van der Waals surface area contributed by atoms with Crippen molar-refractivity contribution in [3.63, 3.8) is 0 Å². The maximum absolute atomic E-state index is 12.4. The SMILES string of the molecule is Cc1cc(C)c(C(=O)Nc2nnc(CC(C)C)s2)c(C)c1. The summed E-state index contributed by atoms with van der Waals surface area (Å²) in [7, 11) is 0. The van der Waals surface area contributed by atoms with E-state index in [4.69, 9.17) is 0 Å². The third-order valence-corrected chi connectivity index (χ3v) is 4.04. The first kappa shape index (κ1) is 15.6. The lowest BCUT2D eigenvalue weighted by Gasteiger charge is -2.10. The molecule has 1 N–H and O–H groups in total. The monoisotopic (exact) mass is 303 g/mol. The van der Waals surface area contributed by atoms with Crippen LogP contribution in [0.4, 0.5) is 5.13 Å². The number of carbonyl (C=O) groups is 1. The van der Waals surface area contributed by atoms with E-state index >= 15 is 0 Å². The molecule has 4 nitrogen and oxygen atoms in total. The predicted octanol–water partition coefficient (Wildman–Crippen LogP) is 3.91. The highest BCUT2D eigenvalue weighted by atomic mass is 32.1. The first-order valence-corrected chi connectivity index (χ1v) is 7.90. The molecule has 0 bridgehead atoms.